The van der Waals surface area contributed by atoms with Crippen molar-refractivity contribution in [2.45, 2.75) is 44.7 Å². The number of pyridine rings is 1. The van der Waals surface area contributed by atoms with Gasteiger partial charge in [0.1, 0.15) is 0 Å². The molecule has 2 N–H and O–H groups in total. The summed E-state index contributed by atoms with van der Waals surface area (Å²) in [5.41, 5.74) is 11.2. The Labute approximate surface area is 132 Å². The molecule has 1 aromatic carbocycles. The molecule has 0 saturated heterocycles. The predicted octanol–water partition coefficient (Wildman–Crippen LogP) is 4.61. The first kappa shape index (κ1) is 16.1. The first-order valence-electron chi connectivity index (χ1n) is 7.39. The lowest BCUT2D eigenvalue weighted by atomic mass is 10.00. The third kappa shape index (κ3) is 4.58. The summed E-state index contributed by atoms with van der Waals surface area (Å²) >= 11 is 1.73. The van der Waals surface area contributed by atoms with Gasteiger partial charge in [-0.3, -0.25) is 0 Å². The highest BCUT2D eigenvalue weighted by molar-refractivity contribution is 7.99. The van der Waals surface area contributed by atoms with Crippen molar-refractivity contribution in [3.05, 3.63) is 58.8 Å². The topological polar surface area (TPSA) is 38.9 Å². The summed E-state index contributed by atoms with van der Waals surface area (Å²) in [4.78, 5) is 4.54. The van der Waals surface area contributed by atoms with Gasteiger partial charge in [0, 0.05) is 17.5 Å². The van der Waals surface area contributed by atoms with E-state index >= 15 is 0 Å². The van der Waals surface area contributed by atoms with Crippen molar-refractivity contribution < 1.29 is 0 Å². The summed E-state index contributed by atoms with van der Waals surface area (Å²) in [7, 11) is 0. The van der Waals surface area contributed by atoms with Crippen LogP contribution in [0.5, 0.6) is 0 Å². The molecule has 0 bridgehead atoms. The van der Waals surface area contributed by atoms with Crippen molar-refractivity contribution in [2.24, 2.45) is 5.73 Å². The van der Waals surface area contributed by atoms with Gasteiger partial charge >= 0.3 is 0 Å². The predicted molar refractivity (Wildman–Crippen MR) is 91.9 cm³/mol. The van der Waals surface area contributed by atoms with Gasteiger partial charge in [0.15, 0.2) is 0 Å². The Morgan fingerprint density at radius 1 is 1.05 bits per heavy atom. The largest absolute Gasteiger partial charge is 0.323 e. The van der Waals surface area contributed by atoms with Gasteiger partial charge in [-0.15, -0.1) is 11.8 Å². The molecule has 1 heterocycles. The zero-order valence-electron chi connectivity index (χ0n) is 13.3. The summed E-state index contributed by atoms with van der Waals surface area (Å²) in [5, 5.41) is 1.06. The lowest BCUT2D eigenvalue weighted by molar-refractivity contribution is 0.820. The zero-order valence-corrected chi connectivity index (χ0v) is 14.1. The van der Waals surface area contributed by atoms with Crippen molar-refractivity contribution in [3.8, 4) is 0 Å². The third-order valence-corrected chi connectivity index (χ3v) is 4.55. The number of hydrogen-bond donors (Lipinski definition) is 1. The Morgan fingerprint density at radius 2 is 1.67 bits per heavy atom. The molecule has 0 saturated carbocycles. The number of aryl methyl sites for hydroxylation is 2. The van der Waals surface area contributed by atoms with Crippen LogP contribution < -0.4 is 5.73 Å². The number of benzene rings is 1. The zero-order chi connectivity index (χ0) is 15.4. The average Bonchev–Trinajstić information content (AvgIpc) is 2.44. The Bertz CT molecular complexity index is 570. The van der Waals surface area contributed by atoms with Crippen molar-refractivity contribution in [1.82, 2.24) is 4.98 Å². The fraction of sp³-hybridized carbons (Fsp3) is 0.389. The highest BCUT2D eigenvalue weighted by Gasteiger charge is 2.08. The lowest BCUT2D eigenvalue weighted by Crippen LogP contribution is -2.13. The van der Waals surface area contributed by atoms with Gasteiger partial charge in [-0.2, -0.15) is 0 Å². The molecule has 0 aliphatic carbocycles. The highest BCUT2D eigenvalue weighted by atomic mass is 32.2. The summed E-state index contributed by atoms with van der Waals surface area (Å²) in [6, 6.07) is 12.9. The molecule has 0 radical (unpaired) electrons. The van der Waals surface area contributed by atoms with Crippen LogP contribution in [-0.4, -0.2) is 10.7 Å². The minimum absolute atomic E-state index is 0.0406. The van der Waals surface area contributed by atoms with Crippen LogP contribution in [0.2, 0.25) is 0 Å². The van der Waals surface area contributed by atoms with E-state index in [0.717, 1.165) is 16.5 Å². The quantitative estimate of drug-likeness (QED) is 0.819. The minimum Gasteiger partial charge on any atom is -0.323 e. The second-order valence-corrected chi connectivity index (χ2v) is 6.90. The minimum atomic E-state index is 0.0406. The van der Waals surface area contributed by atoms with E-state index in [-0.39, 0.29) is 6.04 Å². The smallest absolute Gasteiger partial charge is 0.0966 e. The molecule has 2 nitrogen and oxygen atoms in total. The Morgan fingerprint density at radius 3 is 2.24 bits per heavy atom. The van der Waals surface area contributed by atoms with Crippen LogP contribution in [0.3, 0.4) is 0 Å². The molecule has 0 spiro atoms. The second-order valence-electron chi connectivity index (χ2n) is 5.86. The van der Waals surface area contributed by atoms with Crippen molar-refractivity contribution in [2.75, 3.05) is 5.75 Å². The lowest BCUT2D eigenvalue weighted by Gasteiger charge is -2.13. The highest BCUT2D eigenvalue weighted by Crippen LogP contribution is 2.24. The SMILES string of the molecule is Cc1cc(C)nc(SCC(N)c2ccc(C(C)C)cc2)c1. The average molecular weight is 300 g/mol. The number of nitrogens with two attached hydrogens (primary N) is 1. The number of rotatable bonds is 5. The second kappa shape index (κ2) is 7.10. The molecule has 112 valence electrons. The van der Waals surface area contributed by atoms with E-state index in [0.29, 0.717) is 5.92 Å². The fourth-order valence-corrected chi connectivity index (χ4v) is 3.30. The van der Waals surface area contributed by atoms with Gasteiger partial charge in [0.25, 0.3) is 0 Å². The van der Waals surface area contributed by atoms with E-state index in [1.54, 1.807) is 11.8 Å². The van der Waals surface area contributed by atoms with Gasteiger partial charge < -0.3 is 5.73 Å². The Hall–Kier alpha value is -1.32. The van der Waals surface area contributed by atoms with Gasteiger partial charge in [0.05, 0.1) is 5.03 Å². The van der Waals surface area contributed by atoms with E-state index in [9.17, 15) is 0 Å². The molecule has 1 aromatic heterocycles. The maximum absolute atomic E-state index is 6.30. The number of aromatic nitrogens is 1. The van der Waals surface area contributed by atoms with E-state index in [1.807, 2.05) is 6.92 Å². The first-order chi connectivity index (χ1) is 9.95. The molecule has 0 aliphatic rings. The molecule has 1 unspecified atom stereocenters. The third-order valence-electron chi connectivity index (χ3n) is 3.52. The molecule has 0 aliphatic heterocycles. The summed E-state index contributed by atoms with van der Waals surface area (Å²) < 4.78 is 0. The van der Waals surface area contributed by atoms with Crippen LogP contribution in [0.15, 0.2) is 41.4 Å². The van der Waals surface area contributed by atoms with Crippen LogP contribution in [0.1, 0.15) is 48.2 Å². The van der Waals surface area contributed by atoms with Gasteiger partial charge in [0.2, 0.25) is 0 Å². The summed E-state index contributed by atoms with van der Waals surface area (Å²) in [6.07, 6.45) is 0. The van der Waals surface area contributed by atoms with Crippen LogP contribution in [0.25, 0.3) is 0 Å². The molecule has 0 fully saturated rings. The van der Waals surface area contributed by atoms with Crippen LogP contribution in [0.4, 0.5) is 0 Å². The monoisotopic (exact) mass is 300 g/mol. The van der Waals surface area contributed by atoms with Gasteiger partial charge in [-0.05, 0) is 48.6 Å². The molecule has 21 heavy (non-hydrogen) atoms. The molecule has 2 aromatic rings. The number of thioether (sulfide) groups is 1. The maximum atomic E-state index is 6.30. The molecule has 3 heteroatoms. The maximum Gasteiger partial charge on any atom is 0.0966 e. The van der Waals surface area contributed by atoms with E-state index in [4.69, 9.17) is 5.73 Å². The normalized spacial score (nSPS) is 12.7. The first-order valence-corrected chi connectivity index (χ1v) is 8.38. The molecular weight excluding hydrogens is 276 g/mol. The van der Waals surface area contributed by atoms with Gasteiger partial charge in [-0.1, -0.05) is 38.1 Å². The molecular formula is C18H24N2S. The van der Waals surface area contributed by atoms with Gasteiger partial charge in [-0.25, -0.2) is 4.98 Å². The number of hydrogen-bond acceptors (Lipinski definition) is 3. The van der Waals surface area contributed by atoms with E-state index in [2.05, 4.69) is 62.2 Å². The standard InChI is InChI=1S/C18H24N2S/c1-12(2)15-5-7-16(8-6-15)17(19)11-21-18-10-13(3)9-14(4)20-18/h5-10,12,17H,11,19H2,1-4H3. The Kier molecular flexibility index (Phi) is 5.43. The van der Waals surface area contributed by atoms with E-state index in [1.165, 1.54) is 16.7 Å². The molecule has 0 amide bonds. The van der Waals surface area contributed by atoms with E-state index < -0.39 is 0 Å². The van der Waals surface area contributed by atoms with Crippen molar-refractivity contribution in [1.29, 1.82) is 0 Å². The van der Waals surface area contributed by atoms with Crippen molar-refractivity contribution >= 4 is 11.8 Å². The molecule has 1 atom stereocenters. The Balaban J connectivity index is 1.99. The summed E-state index contributed by atoms with van der Waals surface area (Å²) in [6.45, 7) is 8.54. The van der Waals surface area contributed by atoms with Crippen LogP contribution >= 0.6 is 11.8 Å². The fourth-order valence-electron chi connectivity index (χ4n) is 2.28. The van der Waals surface area contributed by atoms with Crippen molar-refractivity contribution in [3.63, 3.8) is 0 Å². The summed E-state index contributed by atoms with van der Waals surface area (Å²) in [5.74, 6) is 1.40. The van der Waals surface area contributed by atoms with Crippen LogP contribution in [-0.2, 0) is 0 Å². The van der Waals surface area contributed by atoms with Crippen LogP contribution in [0, 0.1) is 13.8 Å². The number of nitrogens with zero attached hydrogens (tertiary/aromatic N) is 1. The molecule has 2 rings (SSSR count).